The Morgan fingerprint density at radius 2 is 1.76 bits per heavy atom. The van der Waals surface area contributed by atoms with Crippen LogP contribution in [0.5, 0.6) is 6.01 Å². The number of benzene rings is 1. The fourth-order valence-corrected chi connectivity index (χ4v) is 3.08. The molecule has 3 aromatic rings. The number of aromatic nitrogens is 4. The highest BCUT2D eigenvalue weighted by molar-refractivity contribution is 6.32. The van der Waals surface area contributed by atoms with E-state index in [4.69, 9.17) is 22.1 Å². The minimum Gasteiger partial charge on any atom is -0.464 e. The van der Waals surface area contributed by atoms with Crippen LogP contribution in [0, 0.1) is 6.92 Å². The Labute approximate surface area is 164 Å². The lowest BCUT2D eigenvalue weighted by Crippen LogP contribution is -2.12. The first-order valence-electron chi connectivity index (χ1n) is 7.98. The molecule has 0 radical (unpaired) electrons. The molecule has 1 aromatic carbocycles. The molecule has 0 aliphatic carbocycles. The minimum absolute atomic E-state index is 0.00281. The van der Waals surface area contributed by atoms with Crippen LogP contribution in [-0.4, -0.2) is 26.4 Å². The van der Waals surface area contributed by atoms with Crippen LogP contribution < -0.4 is 10.5 Å². The summed E-state index contributed by atoms with van der Waals surface area (Å²) in [5.74, 6) is -0.528. The van der Waals surface area contributed by atoms with Gasteiger partial charge in [0.1, 0.15) is 5.82 Å². The molecule has 0 amide bonds. The Morgan fingerprint density at radius 3 is 2.28 bits per heavy atom. The van der Waals surface area contributed by atoms with Gasteiger partial charge in [-0.1, -0.05) is 11.6 Å². The van der Waals surface area contributed by atoms with Gasteiger partial charge in [0.25, 0.3) is 0 Å². The molecule has 0 atom stereocenters. The maximum atomic E-state index is 13.5. The van der Waals surface area contributed by atoms with Crippen molar-refractivity contribution >= 4 is 28.5 Å². The zero-order chi connectivity index (χ0) is 21.7. The van der Waals surface area contributed by atoms with Gasteiger partial charge >= 0.3 is 18.4 Å². The summed E-state index contributed by atoms with van der Waals surface area (Å²) in [4.78, 5) is 7.14. The molecule has 0 saturated heterocycles. The first-order valence-corrected chi connectivity index (χ1v) is 8.36. The van der Waals surface area contributed by atoms with Gasteiger partial charge in [-0.2, -0.15) is 36.3 Å². The van der Waals surface area contributed by atoms with Crippen molar-refractivity contribution in [3.63, 3.8) is 0 Å². The molecule has 0 aliphatic rings. The monoisotopic (exact) mass is 439 g/mol. The average Bonchev–Trinajstić information content (AvgIpc) is 2.89. The second kappa shape index (κ2) is 6.94. The number of nitrogen functional groups attached to an aromatic ring is 1. The van der Waals surface area contributed by atoms with Crippen molar-refractivity contribution in [1.82, 2.24) is 19.7 Å². The highest BCUT2D eigenvalue weighted by atomic mass is 35.5. The van der Waals surface area contributed by atoms with Crippen molar-refractivity contribution in [2.75, 3.05) is 12.3 Å². The molecule has 0 aliphatic heterocycles. The lowest BCUT2D eigenvalue weighted by Gasteiger charge is -2.14. The fraction of sp³-hybridized carbons (Fsp3) is 0.312. The van der Waals surface area contributed by atoms with E-state index in [1.807, 2.05) is 0 Å². The Morgan fingerprint density at radius 1 is 1.10 bits per heavy atom. The zero-order valence-electron chi connectivity index (χ0n) is 14.8. The molecule has 13 heteroatoms. The smallest absolute Gasteiger partial charge is 0.434 e. The van der Waals surface area contributed by atoms with E-state index in [0.717, 1.165) is 10.7 Å². The first kappa shape index (κ1) is 21.0. The molecule has 29 heavy (non-hydrogen) atoms. The van der Waals surface area contributed by atoms with Gasteiger partial charge < -0.3 is 10.5 Å². The molecular formula is C16H12ClF6N5O. The van der Waals surface area contributed by atoms with Crippen LogP contribution >= 0.6 is 11.6 Å². The lowest BCUT2D eigenvalue weighted by molar-refractivity contribution is -0.140. The summed E-state index contributed by atoms with van der Waals surface area (Å²) >= 11 is 5.99. The number of nitrogens with zero attached hydrogens (tertiary/aromatic N) is 4. The van der Waals surface area contributed by atoms with Gasteiger partial charge in [0, 0.05) is 0 Å². The Bertz CT molecular complexity index is 1070. The van der Waals surface area contributed by atoms with Crippen molar-refractivity contribution < 1.29 is 31.1 Å². The number of alkyl halides is 6. The Kier molecular flexibility index (Phi) is 5.01. The van der Waals surface area contributed by atoms with E-state index in [0.29, 0.717) is 6.07 Å². The molecule has 2 N–H and O–H groups in total. The largest absolute Gasteiger partial charge is 0.464 e. The molecule has 2 aromatic heterocycles. The summed E-state index contributed by atoms with van der Waals surface area (Å²) in [5.41, 5.74) is 2.90. The van der Waals surface area contributed by atoms with Crippen molar-refractivity contribution in [1.29, 1.82) is 0 Å². The van der Waals surface area contributed by atoms with Gasteiger partial charge in [-0.05, 0) is 31.5 Å². The molecule has 6 nitrogen and oxygen atoms in total. The maximum absolute atomic E-state index is 13.5. The zero-order valence-corrected chi connectivity index (χ0v) is 15.5. The van der Waals surface area contributed by atoms with Crippen LogP contribution in [-0.2, 0) is 12.4 Å². The number of anilines is 1. The maximum Gasteiger partial charge on any atom is 0.434 e. The molecule has 0 fully saturated rings. The van der Waals surface area contributed by atoms with Gasteiger partial charge in [0.2, 0.25) is 0 Å². The van der Waals surface area contributed by atoms with E-state index in [-0.39, 0.29) is 17.9 Å². The molecule has 0 spiro atoms. The van der Waals surface area contributed by atoms with Crippen molar-refractivity contribution in [3.05, 3.63) is 34.0 Å². The normalized spacial score (nSPS) is 12.6. The molecule has 2 heterocycles. The topological polar surface area (TPSA) is 78.9 Å². The van der Waals surface area contributed by atoms with Crippen LogP contribution in [0.4, 0.5) is 32.2 Å². The molecule has 0 unspecified atom stereocenters. The number of aryl methyl sites for hydroxylation is 1. The SMILES string of the molecule is CCOc1nc(C(F)(F)F)c2c(N)n(-c3c(C)cc(C(F)(F)F)cc3Cl)nc2n1. The fourth-order valence-electron chi connectivity index (χ4n) is 2.73. The summed E-state index contributed by atoms with van der Waals surface area (Å²) in [5, 5.41) is 2.89. The highest BCUT2D eigenvalue weighted by Crippen LogP contribution is 2.40. The summed E-state index contributed by atoms with van der Waals surface area (Å²) in [7, 11) is 0. The van der Waals surface area contributed by atoms with Crippen LogP contribution in [0.2, 0.25) is 5.02 Å². The minimum atomic E-state index is -4.91. The number of hydrogen-bond donors (Lipinski definition) is 1. The van der Waals surface area contributed by atoms with E-state index in [1.54, 1.807) is 0 Å². The number of halogens is 7. The van der Waals surface area contributed by atoms with Crippen LogP contribution in [0.3, 0.4) is 0 Å². The summed E-state index contributed by atoms with van der Waals surface area (Å²) in [6.45, 7) is 2.83. The van der Waals surface area contributed by atoms with Crippen molar-refractivity contribution in [2.24, 2.45) is 0 Å². The molecule has 0 saturated carbocycles. The van der Waals surface area contributed by atoms with E-state index < -0.39 is 51.5 Å². The van der Waals surface area contributed by atoms with Gasteiger partial charge in [-0.3, -0.25) is 0 Å². The van der Waals surface area contributed by atoms with E-state index in [9.17, 15) is 26.3 Å². The average molecular weight is 440 g/mol. The third kappa shape index (κ3) is 3.76. The Balaban J connectivity index is 2.31. The Hall–Kier alpha value is -2.76. The molecule has 156 valence electrons. The summed E-state index contributed by atoms with van der Waals surface area (Å²) in [6.07, 6.45) is -9.57. The lowest BCUT2D eigenvalue weighted by atomic mass is 10.1. The molecule has 3 rings (SSSR count). The number of rotatable bonds is 3. The number of fused-ring (bicyclic) bond motifs is 1. The molecular weight excluding hydrogens is 428 g/mol. The van der Waals surface area contributed by atoms with E-state index in [1.165, 1.54) is 13.8 Å². The van der Waals surface area contributed by atoms with Crippen molar-refractivity contribution in [2.45, 2.75) is 26.2 Å². The summed E-state index contributed by atoms with van der Waals surface area (Å²) in [6, 6.07) is 0.860. The predicted molar refractivity (Wildman–Crippen MR) is 92.0 cm³/mol. The predicted octanol–water partition coefficient (Wildman–Crippen LogP) is 4.80. The highest BCUT2D eigenvalue weighted by Gasteiger charge is 2.39. The second-order valence-electron chi connectivity index (χ2n) is 5.90. The van der Waals surface area contributed by atoms with Gasteiger partial charge in [-0.25, -0.2) is 4.68 Å². The van der Waals surface area contributed by atoms with E-state index in [2.05, 4.69) is 15.1 Å². The summed E-state index contributed by atoms with van der Waals surface area (Å²) < 4.78 is 85.1. The van der Waals surface area contributed by atoms with Crippen LogP contribution in [0.25, 0.3) is 16.7 Å². The van der Waals surface area contributed by atoms with Gasteiger partial charge in [0.15, 0.2) is 11.3 Å². The van der Waals surface area contributed by atoms with Crippen LogP contribution in [0.1, 0.15) is 23.7 Å². The van der Waals surface area contributed by atoms with Crippen molar-refractivity contribution in [3.8, 4) is 11.7 Å². The third-order valence-corrected chi connectivity index (χ3v) is 4.17. The number of hydrogen-bond acceptors (Lipinski definition) is 5. The second-order valence-corrected chi connectivity index (χ2v) is 6.31. The quantitative estimate of drug-likeness (QED) is 0.593. The third-order valence-electron chi connectivity index (χ3n) is 3.88. The standard InChI is InChI=1S/C16H12ClF6N5O/c1-3-29-14-25-11(16(21,22)23)9-12(24)28(27-13(9)26-14)10-6(2)4-7(5-8(10)17)15(18,19)20/h4-5H,3,24H2,1-2H3. The first-order chi connectivity index (χ1) is 13.3. The number of ether oxygens (including phenoxy) is 1. The van der Waals surface area contributed by atoms with E-state index >= 15 is 0 Å². The van der Waals surface area contributed by atoms with Gasteiger partial charge in [-0.15, -0.1) is 5.10 Å². The number of nitrogens with two attached hydrogens (primary N) is 1. The molecule has 0 bridgehead atoms. The van der Waals surface area contributed by atoms with Gasteiger partial charge in [0.05, 0.1) is 28.3 Å². The van der Waals surface area contributed by atoms with Crippen LogP contribution in [0.15, 0.2) is 12.1 Å².